The Morgan fingerprint density at radius 2 is 1.73 bits per heavy atom. The molecule has 1 aromatic carbocycles. The highest BCUT2D eigenvalue weighted by molar-refractivity contribution is 8.26. The van der Waals surface area contributed by atoms with E-state index in [-0.39, 0.29) is 18.2 Å². The van der Waals surface area contributed by atoms with Crippen molar-refractivity contribution in [2.24, 2.45) is 0 Å². The lowest BCUT2D eigenvalue weighted by molar-refractivity contribution is -0.137. The summed E-state index contributed by atoms with van der Waals surface area (Å²) in [7, 11) is 0. The first-order chi connectivity index (χ1) is 14.5. The number of nitrogens with zero attached hydrogens (tertiary/aromatic N) is 1. The minimum atomic E-state index is -0.780. The number of unbranched alkanes of at least 4 members (excludes halogenated alkanes) is 4. The van der Waals surface area contributed by atoms with Crippen molar-refractivity contribution in [3.63, 3.8) is 0 Å². The van der Waals surface area contributed by atoms with Gasteiger partial charge < -0.3 is 10.4 Å². The summed E-state index contributed by atoms with van der Waals surface area (Å²) in [5.41, 5.74) is 0.978. The second-order valence-electron chi connectivity index (χ2n) is 7.11. The molecule has 0 atom stereocenters. The molecule has 0 bridgehead atoms. The SMILES string of the molecule is O=C(O)CCCCCNC(=O)CCCCCN1C(=O)/C(=C/c2ccccc2)SC1=S. The molecule has 162 valence electrons. The van der Waals surface area contributed by atoms with E-state index in [1.54, 1.807) is 4.90 Å². The first-order valence-corrected chi connectivity index (χ1v) is 11.5. The van der Waals surface area contributed by atoms with Crippen molar-refractivity contribution in [2.75, 3.05) is 13.1 Å². The second-order valence-corrected chi connectivity index (χ2v) is 8.78. The third kappa shape index (κ3) is 8.67. The van der Waals surface area contributed by atoms with Crippen LogP contribution >= 0.6 is 24.0 Å². The lowest BCUT2D eigenvalue weighted by atomic mass is 10.1. The van der Waals surface area contributed by atoms with Crippen molar-refractivity contribution in [3.05, 3.63) is 40.8 Å². The summed E-state index contributed by atoms with van der Waals surface area (Å²) in [6.45, 7) is 1.16. The molecule has 2 amide bonds. The Balaban J connectivity index is 1.59. The van der Waals surface area contributed by atoms with Crippen molar-refractivity contribution in [1.82, 2.24) is 10.2 Å². The summed E-state index contributed by atoms with van der Waals surface area (Å²) in [5.74, 6) is -0.809. The van der Waals surface area contributed by atoms with Crippen LogP contribution in [0.4, 0.5) is 0 Å². The molecule has 6 nitrogen and oxygen atoms in total. The number of carboxylic acids is 1. The Morgan fingerprint density at radius 3 is 2.47 bits per heavy atom. The van der Waals surface area contributed by atoms with E-state index in [4.69, 9.17) is 17.3 Å². The molecule has 1 aromatic rings. The van der Waals surface area contributed by atoms with Crippen LogP contribution in [0.15, 0.2) is 35.2 Å². The largest absolute Gasteiger partial charge is 0.481 e. The Hall–Kier alpha value is -2.19. The molecule has 8 heteroatoms. The van der Waals surface area contributed by atoms with Gasteiger partial charge in [0, 0.05) is 25.9 Å². The van der Waals surface area contributed by atoms with E-state index in [0.29, 0.717) is 35.2 Å². The highest BCUT2D eigenvalue weighted by Crippen LogP contribution is 2.32. The monoisotopic (exact) mass is 448 g/mol. The predicted octanol–water partition coefficient (Wildman–Crippen LogP) is 4.21. The first kappa shape index (κ1) is 24.1. The quantitative estimate of drug-likeness (QED) is 0.267. The number of carbonyl (C=O) groups is 3. The summed E-state index contributed by atoms with van der Waals surface area (Å²) >= 11 is 6.69. The highest BCUT2D eigenvalue weighted by Gasteiger charge is 2.31. The number of hydrogen-bond donors (Lipinski definition) is 2. The van der Waals surface area contributed by atoms with Gasteiger partial charge in [0.1, 0.15) is 4.32 Å². The Kier molecular flexibility index (Phi) is 10.6. The number of carboxylic acid groups (broad SMARTS) is 1. The normalized spacial score (nSPS) is 15.1. The maximum atomic E-state index is 12.6. The molecule has 1 fully saturated rings. The van der Waals surface area contributed by atoms with Gasteiger partial charge in [-0.1, -0.05) is 67.2 Å². The summed E-state index contributed by atoms with van der Waals surface area (Å²) in [6.07, 6.45) is 7.15. The van der Waals surface area contributed by atoms with Crippen LogP contribution in [0.5, 0.6) is 0 Å². The fourth-order valence-corrected chi connectivity index (χ4v) is 4.33. The zero-order chi connectivity index (χ0) is 21.8. The molecule has 0 aromatic heterocycles. The molecule has 0 saturated carbocycles. The molecule has 30 heavy (non-hydrogen) atoms. The number of carbonyl (C=O) groups excluding carboxylic acids is 2. The van der Waals surface area contributed by atoms with Crippen LogP contribution in [0.3, 0.4) is 0 Å². The first-order valence-electron chi connectivity index (χ1n) is 10.3. The van der Waals surface area contributed by atoms with E-state index >= 15 is 0 Å². The number of hydrogen-bond acceptors (Lipinski definition) is 5. The number of benzene rings is 1. The minimum absolute atomic E-state index is 0.0182. The van der Waals surface area contributed by atoms with Crippen LogP contribution in [0, 0.1) is 0 Å². The van der Waals surface area contributed by atoms with Crippen LogP contribution in [0.25, 0.3) is 6.08 Å². The Labute approximate surface area is 187 Å². The van der Waals surface area contributed by atoms with Crippen LogP contribution in [0.2, 0.25) is 0 Å². The molecule has 1 heterocycles. The van der Waals surface area contributed by atoms with Crippen molar-refractivity contribution >= 4 is 52.2 Å². The molecule has 0 radical (unpaired) electrons. The molecule has 1 aliphatic heterocycles. The van der Waals surface area contributed by atoms with Crippen molar-refractivity contribution < 1.29 is 19.5 Å². The smallest absolute Gasteiger partial charge is 0.303 e. The van der Waals surface area contributed by atoms with E-state index in [2.05, 4.69) is 5.32 Å². The number of nitrogens with one attached hydrogen (secondary N) is 1. The average Bonchev–Trinajstić information content (AvgIpc) is 2.98. The molecular weight excluding hydrogens is 420 g/mol. The van der Waals surface area contributed by atoms with Gasteiger partial charge in [-0.3, -0.25) is 19.3 Å². The van der Waals surface area contributed by atoms with Crippen molar-refractivity contribution in [1.29, 1.82) is 0 Å². The third-order valence-electron chi connectivity index (χ3n) is 4.65. The number of rotatable bonds is 13. The fraction of sp³-hybridized carbons (Fsp3) is 0.455. The predicted molar refractivity (Wildman–Crippen MR) is 124 cm³/mol. The van der Waals surface area contributed by atoms with E-state index in [9.17, 15) is 14.4 Å². The lowest BCUT2D eigenvalue weighted by Crippen LogP contribution is -2.29. The van der Waals surface area contributed by atoms with Crippen LogP contribution in [0.1, 0.15) is 56.9 Å². The third-order valence-corrected chi connectivity index (χ3v) is 6.02. The number of thiocarbonyl (C=S) groups is 1. The Morgan fingerprint density at radius 1 is 1.03 bits per heavy atom. The summed E-state index contributed by atoms with van der Waals surface area (Å²) in [5, 5.41) is 11.4. The summed E-state index contributed by atoms with van der Waals surface area (Å²) < 4.78 is 0.586. The molecule has 0 aliphatic carbocycles. The van der Waals surface area contributed by atoms with Gasteiger partial charge in [-0.25, -0.2) is 0 Å². The summed E-state index contributed by atoms with van der Waals surface area (Å²) in [4.78, 5) is 37.1. The highest BCUT2D eigenvalue weighted by atomic mass is 32.2. The van der Waals surface area contributed by atoms with Gasteiger partial charge in [0.25, 0.3) is 5.91 Å². The zero-order valence-electron chi connectivity index (χ0n) is 17.0. The van der Waals surface area contributed by atoms with Crippen LogP contribution in [-0.4, -0.2) is 45.2 Å². The van der Waals surface area contributed by atoms with Gasteiger partial charge in [-0.15, -0.1) is 0 Å². The molecule has 0 spiro atoms. The lowest BCUT2D eigenvalue weighted by Gasteiger charge is -2.14. The van der Waals surface area contributed by atoms with Gasteiger partial charge in [0.15, 0.2) is 0 Å². The second kappa shape index (κ2) is 13.2. The van der Waals surface area contributed by atoms with Crippen LogP contribution in [-0.2, 0) is 14.4 Å². The molecule has 1 saturated heterocycles. The van der Waals surface area contributed by atoms with Gasteiger partial charge in [-0.2, -0.15) is 0 Å². The molecule has 1 aliphatic rings. The van der Waals surface area contributed by atoms with Gasteiger partial charge in [0.05, 0.1) is 4.91 Å². The van der Waals surface area contributed by atoms with Gasteiger partial charge in [-0.05, 0) is 37.3 Å². The number of thioether (sulfide) groups is 1. The van der Waals surface area contributed by atoms with Crippen LogP contribution < -0.4 is 5.32 Å². The maximum Gasteiger partial charge on any atom is 0.303 e. The fourth-order valence-electron chi connectivity index (χ4n) is 3.02. The van der Waals surface area contributed by atoms with E-state index in [0.717, 1.165) is 37.7 Å². The summed E-state index contributed by atoms with van der Waals surface area (Å²) in [6, 6.07) is 9.71. The maximum absolute atomic E-state index is 12.6. The number of aliphatic carboxylic acids is 1. The molecule has 2 rings (SSSR count). The topological polar surface area (TPSA) is 86.7 Å². The van der Waals surface area contributed by atoms with Gasteiger partial charge in [0.2, 0.25) is 5.91 Å². The van der Waals surface area contributed by atoms with Gasteiger partial charge >= 0.3 is 5.97 Å². The minimum Gasteiger partial charge on any atom is -0.481 e. The van der Waals surface area contributed by atoms with E-state index < -0.39 is 5.97 Å². The molecule has 0 unspecified atom stereocenters. The molecule has 2 N–H and O–H groups in total. The average molecular weight is 449 g/mol. The molecular formula is C22H28N2O4S2. The van der Waals surface area contributed by atoms with E-state index in [1.165, 1.54) is 11.8 Å². The van der Waals surface area contributed by atoms with E-state index in [1.807, 2.05) is 36.4 Å². The zero-order valence-corrected chi connectivity index (χ0v) is 18.6. The number of amides is 2. The Bertz CT molecular complexity index is 781. The van der Waals surface area contributed by atoms with Crippen molar-refractivity contribution in [3.8, 4) is 0 Å². The standard InChI is InChI=1S/C22H28N2O4S2/c25-19(23-14-8-2-7-13-20(26)27)12-6-3-9-15-24-21(28)18(30-22(24)29)16-17-10-4-1-5-11-17/h1,4-5,10-11,16H,2-3,6-9,12-15H2,(H,23,25)(H,26,27)/b18-16-. The van der Waals surface area contributed by atoms with Crippen molar-refractivity contribution in [2.45, 2.75) is 51.4 Å².